The molecule has 0 aliphatic rings. The molecule has 2 aromatic rings. The summed E-state index contributed by atoms with van der Waals surface area (Å²) >= 11 is 0. The van der Waals surface area contributed by atoms with Crippen LogP contribution in [0.5, 0.6) is 0 Å². The van der Waals surface area contributed by atoms with E-state index >= 15 is 0 Å². The van der Waals surface area contributed by atoms with E-state index in [0.29, 0.717) is 10.9 Å². The van der Waals surface area contributed by atoms with Crippen LogP contribution in [-0.4, -0.2) is 15.8 Å². The molecule has 5 heteroatoms. The number of aromatic nitrogens is 1. The maximum atomic E-state index is 12.4. The minimum atomic E-state index is -4.63. The number of aliphatic hydroxyl groups excluding tert-OH is 1. The van der Waals surface area contributed by atoms with E-state index in [4.69, 9.17) is 0 Å². The minimum absolute atomic E-state index is 0.106. The van der Waals surface area contributed by atoms with Crippen LogP contribution in [0.4, 0.5) is 13.2 Å². The van der Waals surface area contributed by atoms with Crippen molar-refractivity contribution in [3.63, 3.8) is 0 Å². The zero-order valence-electron chi connectivity index (χ0n) is 8.49. The molecule has 0 saturated carbocycles. The van der Waals surface area contributed by atoms with E-state index in [-0.39, 0.29) is 5.56 Å². The van der Waals surface area contributed by atoms with Crippen molar-refractivity contribution in [1.29, 1.82) is 0 Å². The summed E-state index contributed by atoms with van der Waals surface area (Å²) in [4.78, 5) is 0. The molecule has 2 nitrogen and oxygen atoms in total. The number of aliphatic hydroxyl groups is 1. The fraction of sp³-hybridized carbons (Fsp3) is 0.273. The Labute approximate surface area is 89.9 Å². The Morgan fingerprint density at radius 1 is 1.25 bits per heavy atom. The fourth-order valence-electron chi connectivity index (χ4n) is 1.74. The SMILES string of the molecule is Cn1ccc2c(C(O)C(F)(F)F)cccc21. The maximum absolute atomic E-state index is 12.4. The van der Waals surface area contributed by atoms with Gasteiger partial charge in [0, 0.05) is 24.1 Å². The first-order valence-electron chi connectivity index (χ1n) is 4.70. The first-order chi connectivity index (χ1) is 7.41. The van der Waals surface area contributed by atoms with Crippen LogP contribution >= 0.6 is 0 Å². The second kappa shape index (κ2) is 3.52. The number of aryl methyl sites for hydroxylation is 1. The summed E-state index contributed by atoms with van der Waals surface area (Å²) in [6.07, 6.45) is -5.40. The molecule has 86 valence electrons. The molecule has 1 atom stereocenters. The third kappa shape index (κ3) is 1.67. The van der Waals surface area contributed by atoms with Gasteiger partial charge in [-0.1, -0.05) is 12.1 Å². The van der Waals surface area contributed by atoms with E-state index in [1.165, 1.54) is 12.1 Å². The lowest BCUT2D eigenvalue weighted by Crippen LogP contribution is -2.20. The second-order valence-corrected chi connectivity index (χ2v) is 3.65. The monoisotopic (exact) mass is 229 g/mol. The van der Waals surface area contributed by atoms with Crippen molar-refractivity contribution in [3.8, 4) is 0 Å². The Morgan fingerprint density at radius 2 is 1.94 bits per heavy atom. The molecule has 0 amide bonds. The zero-order chi connectivity index (χ0) is 11.9. The second-order valence-electron chi connectivity index (χ2n) is 3.65. The number of fused-ring (bicyclic) bond motifs is 1. The van der Waals surface area contributed by atoms with Gasteiger partial charge in [-0.25, -0.2) is 0 Å². The van der Waals surface area contributed by atoms with E-state index in [9.17, 15) is 18.3 Å². The number of alkyl halides is 3. The van der Waals surface area contributed by atoms with Crippen molar-refractivity contribution in [2.75, 3.05) is 0 Å². The molecular weight excluding hydrogens is 219 g/mol. The van der Waals surface area contributed by atoms with Crippen molar-refractivity contribution in [2.24, 2.45) is 7.05 Å². The van der Waals surface area contributed by atoms with Gasteiger partial charge < -0.3 is 9.67 Å². The molecule has 0 aliphatic carbocycles. The quantitative estimate of drug-likeness (QED) is 0.799. The first kappa shape index (κ1) is 11.0. The summed E-state index contributed by atoms with van der Waals surface area (Å²) in [5.74, 6) is 0. The van der Waals surface area contributed by atoms with Crippen LogP contribution in [-0.2, 0) is 7.05 Å². The number of hydrogen-bond donors (Lipinski definition) is 1. The molecule has 0 saturated heterocycles. The lowest BCUT2D eigenvalue weighted by Gasteiger charge is -2.15. The summed E-state index contributed by atoms with van der Waals surface area (Å²) < 4.78 is 38.9. The summed E-state index contributed by atoms with van der Waals surface area (Å²) in [6, 6.07) is 6.08. The van der Waals surface area contributed by atoms with Crippen LogP contribution in [0.1, 0.15) is 11.7 Å². The molecule has 1 N–H and O–H groups in total. The molecule has 2 rings (SSSR count). The standard InChI is InChI=1S/C11H10F3NO/c1-15-6-5-7-8(3-2-4-9(7)15)10(16)11(12,13)14/h2-6,10,16H,1H3. The molecule has 1 aromatic carbocycles. The van der Waals surface area contributed by atoms with E-state index in [1.807, 2.05) is 0 Å². The average molecular weight is 229 g/mol. The zero-order valence-corrected chi connectivity index (χ0v) is 8.49. The average Bonchev–Trinajstić information content (AvgIpc) is 2.58. The van der Waals surface area contributed by atoms with E-state index in [2.05, 4.69) is 0 Å². The fourth-order valence-corrected chi connectivity index (χ4v) is 1.74. The van der Waals surface area contributed by atoms with E-state index in [1.54, 1.807) is 29.9 Å². The highest BCUT2D eigenvalue weighted by atomic mass is 19.4. The normalized spacial score (nSPS) is 14.3. The molecule has 0 aliphatic heterocycles. The lowest BCUT2D eigenvalue weighted by molar-refractivity contribution is -0.206. The van der Waals surface area contributed by atoms with Gasteiger partial charge in [-0.15, -0.1) is 0 Å². The largest absolute Gasteiger partial charge is 0.418 e. The summed E-state index contributed by atoms with van der Waals surface area (Å²) in [7, 11) is 1.74. The van der Waals surface area contributed by atoms with Crippen molar-refractivity contribution in [3.05, 3.63) is 36.0 Å². The Hall–Kier alpha value is -1.49. The molecule has 1 heterocycles. The number of nitrogens with zero attached hydrogens (tertiary/aromatic N) is 1. The summed E-state index contributed by atoms with van der Waals surface area (Å²) in [5.41, 5.74) is 0.561. The molecule has 0 radical (unpaired) electrons. The van der Waals surface area contributed by atoms with Crippen molar-refractivity contribution in [1.82, 2.24) is 4.57 Å². The Kier molecular flexibility index (Phi) is 2.42. The Bertz CT molecular complexity index is 515. The third-order valence-electron chi connectivity index (χ3n) is 2.57. The van der Waals surface area contributed by atoms with Crippen LogP contribution in [0.15, 0.2) is 30.5 Å². The van der Waals surface area contributed by atoms with Crippen LogP contribution < -0.4 is 0 Å². The summed E-state index contributed by atoms with van der Waals surface area (Å²) in [6.45, 7) is 0. The molecule has 1 aromatic heterocycles. The van der Waals surface area contributed by atoms with Gasteiger partial charge in [-0.2, -0.15) is 13.2 Å². The number of benzene rings is 1. The van der Waals surface area contributed by atoms with Gasteiger partial charge in [0.15, 0.2) is 6.10 Å². The first-order valence-corrected chi connectivity index (χ1v) is 4.70. The van der Waals surface area contributed by atoms with E-state index < -0.39 is 12.3 Å². The minimum Gasteiger partial charge on any atom is -0.379 e. The van der Waals surface area contributed by atoms with Gasteiger partial charge in [-0.3, -0.25) is 0 Å². The Morgan fingerprint density at radius 3 is 2.56 bits per heavy atom. The topological polar surface area (TPSA) is 25.2 Å². The predicted molar refractivity (Wildman–Crippen MR) is 53.9 cm³/mol. The van der Waals surface area contributed by atoms with Crippen molar-refractivity contribution >= 4 is 10.9 Å². The van der Waals surface area contributed by atoms with Crippen LogP contribution in [0.2, 0.25) is 0 Å². The molecule has 1 unspecified atom stereocenters. The van der Waals surface area contributed by atoms with Gasteiger partial charge in [0.05, 0.1) is 0 Å². The highest BCUT2D eigenvalue weighted by molar-refractivity contribution is 5.84. The van der Waals surface area contributed by atoms with Gasteiger partial charge in [0.25, 0.3) is 0 Å². The van der Waals surface area contributed by atoms with Crippen LogP contribution in [0.25, 0.3) is 10.9 Å². The molecule has 0 spiro atoms. The highest BCUT2D eigenvalue weighted by Crippen LogP contribution is 2.35. The van der Waals surface area contributed by atoms with Crippen LogP contribution in [0, 0.1) is 0 Å². The number of halogens is 3. The molecule has 0 fully saturated rings. The Balaban J connectivity index is 2.61. The number of hydrogen-bond acceptors (Lipinski definition) is 1. The predicted octanol–water partition coefficient (Wildman–Crippen LogP) is 2.77. The highest BCUT2D eigenvalue weighted by Gasteiger charge is 2.40. The maximum Gasteiger partial charge on any atom is 0.418 e. The van der Waals surface area contributed by atoms with Crippen molar-refractivity contribution < 1.29 is 18.3 Å². The van der Waals surface area contributed by atoms with E-state index in [0.717, 1.165) is 0 Å². The third-order valence-corrected chi connectivity index (χ3v) is 2.57. The number of rotatable bonds is 1. The lowest BCUT2D eigenvalue weighted by atomic mass is 10.0. The smallest absolute Gasteiger partial charge is 0.379 e. The van der Waals surface area contributed by atoms with Crippen LogP contribution in [0.3, 0.4) is 0 Å². The molecule has 0 bridgehead atoms. The van der Waals surface area contributed by atoms with Gasteiger partial charge >= 0.3 is 6.18 Å². The van der Waals surface area contributed by atoms with Gasteiger partial charge in [0.2, 0.25) is 0 Å². The van der Waals surface area contributed by atoms with Crippen molar-refractivity contribution in [2.45, 2.75) is 12.3 Å². The summed E-state index contributed by atoms with van der Waals surface area (Å²) in [5, 5.41) is 9.66. The molecule has 16 heavy (non-hydrogen) atoms. The molecular formula is C11H10F3NO. The van der Waals surface area contributed by atoms with Gasteiger partial charge in [0.1, 0.15) is 0 Å². The van der Waals surface area contributed by atoms with Gasteiger partial charge in [-0.05, 0) is 17.7 Å².